The molecule has 84 valence electrons. The van der Waals surface area contributed by atoms with E-state index in [1.54, 1.807) is 18.2 Å². The van der Waals surface area contributed by atoms with Crippen LogP contribution in [0.1, 0.15) is 17.0 Å². The minimum Gasteiger partial charge on any atom is -0.307 e. The van der Waals surface area contributed by atoms with E-state index in [0.29, 0.717) is 24.5 Å². The van der Waals surface area contributed by atoms with E-state index in [4.69, 9.17) is 5.26 Å². The number of nitrogens with zero attached hydrogens (tertiary/aromatic N) is 3. The van der Waals surface area contributed by atoms with Gasteiger partial charge < -0.3 is 5.32 Å². The molecule has 0 fully saturated rings. The van der Waals surface area contributed by atoms with Gasteiger partial charge in [-0.1, -0.05) is 12.1 Å². The van der Waals surface area contributed by atoms with Gasteiger partial charge in [0.1, 0.15) is 17.6 Å². The number of nitriles is 1. The predicted octanol–water partition coefficient (Wildman–Crippen LogP) is 1.49. The Morgan fingerprint density at radius 2 is 2.18 bits per heavy atom. The first-order valence-corrected chi connectivity index (χ1v) is 5.27. The van der Waals surface area contributed by atoms with Crippen LogP contribution >= 0.6 is 0 Å². The summed E-state index contributed by atoms with van der Waals surface area (Å²) in [7, 11) is 0. The zero-order valence-corrected chi connectivity index (χ0v) is 8.94. The first-order valence-electron chi connectivity index (χ1n) is 5.27. The van der Waals surface area contributed by atoms with E-state index >= 15 is 0 Å². The normalized spacial score (nSPS) is 13.4. The largest absolute Gasteiger partial charge is 0.307 e. The third kappa shape index (κ3) is 1.42. The first kappa shape index (κ1) is 10.00. The van der Waals surface area contributed by atoms with Crippen LogP contribution in [0, 0.1) is 17.1 Å². The summed E-state index contributed by atoms with van der Waals surface area (Å²) in [4.78, 5) is 0. The van der Waals surface area contributed by atoms with Crippen molar-refractivity contribution in [3.63, 3.8) is 0 Å². The Morgan fingerprint density at radius 1 is 1.35 bits per heavy atom. The predicted molar refractivity (Wildman–Crippen MR) is 58.8 cm³/mol. The number of fused-ring (bicyclic) bond motifs is 1. The van der Waals surface area contributed by atoms with Gasteiger partial charge in [0.25, 0.3) is 0 Å². The maximum Gasteiger partial charge on any atom is 0.167 e. The van der Waals surface area contributed by atoms with E-state index < -0.39 is 0 Å². The van der Waals surface area contributed by atoms with E-state index in [1.165, 1.54) is 10.7 Å². The molecular formula is C12H9FN4. The summed E-state index contributed by atoms with van der Waals surface area (Å²) >= 11 is 0. The van der Waals surface area contributed by atoms with Crippen LogP contribution in [0.2, 0.25) is 0 Å². The summed E-state index contributed by atoms with van der Waals surface area (Å²) < 4.78 is 15.2. The smallest absolute Gasteiger partial charge is 0.167 e. The second-order valence-corrected chi connectivity index (χ2v) is 3.85. The van der Waals surface area contributed by atoms with Crippen molar-refractivity contribution in [2.24, 2.45) is 0 Å². The molecule has 2 heterocycles. The number of rotatable bonds is 1. The molecule has 0 unspecified atom stereocenters. The van der Waals surface area contributed by atoms with Crippen LogP contribution < -0.4 is 5.32 Å². The summed E-state index contributed by atoms with van der Waals surface area (Å²) in [5.74, 6) is -0.339. The quantitative estimate of drug-likeness (QED) is 0.804. The third-order valence-electron chi connectivity index (χ3n) is 2.87. The lowest BCUT2D eigenvalue weighted by Crippen LogP contribution is -2.09. The van der Waals surface area contributed by atoms with E-state index in [9.17, 15) is 4.39 Å². The molecular weight excluding hydrogens is 219 g/mol. The third-order valence-corrected chi connectivity index (χ3v) is 2.87. The van der Waals surface area contributed by atoms with Gasteiger partial charge in [-0.25, -0.2) is 9.07 Å². The van der Waals surface area contributed by atoms with Crippen LogP contribution in [-0.2, 0) is 13.1 Å². The molecule has 0 radical (unpaired) electrons. The molecule has 3 rings (SSSR count). The van der Waals surface area contributed by atoms with Crippen LogP contribution in [0.15, 0.2) is 24.3 Å². The number of hydrogen-bond donors (Lipinski definition) is 1. The van der Waals surface area contributed by atoms with E-state index in [1.807, 2.05) is 6.07 Å². The van der Waals surface area contributed by atoms with Crippen molar-refractivity contribution in [2.45, 2.75) is 13.1 Å². The van der Waals surface area contributed by atoms with E-state index in [0.717, 1.165) is 11.3 Å². The Morgan fingerprint density at radius 3 is 2.94 bits per heavy atom. The first-order chi connectivity index (χ1) is 8.31. The van der Waals surface area contributed by atoms with Crippen LogP contribution in [0.25, 0.3) is 5.69 Å². The molecule has 0 saturated heterocycles. The van der Waals surface area contributed by atoms with Gasteiger partial charge in [0.15, 0.2) is 5.69 Å². The molecule has 0 atom stereocenters. The second-order valence-electron chi connectivity index (χ2n) is 3.85. The van der Waals surface area contributed by atoms with Crippen molar-refractivity contribution >= 4 is 0 Å². The standard InChI is InChI=1S/C12H9FN4/c13-9-3-1-2-4-11(9)17-12-7-15-6-8(12)10(5-14)16-17/h1-4,15H,6-7H2. The Balaban J connectivity index is 2.24. The molecule has 1 aromatic carbocycles. The Kier molecular flexibility index (Phi) is 2.16. The average molecular weight is 228 g/mol. The van der Waals surface area contributed by atoms with Crippen molar-refractivity contribution in [1.82, 2.24) is 15.1 Å². The number of para-hydroxylation sites is 1. The van der Waals surface area contributed by atoms with Gasteiger partial charge in [-0.2, -0.15) is 10.4 Å². The average Bonchev–Trinajstić information content (AvgIpc) is 2.91. The molecule has 2 aromatic rings. The maximum atomic E-state index is 13.7. The molecule has 1 aliphatic heterocycles. The SMILES string of the molecule is N#Cc1nn(-c2ccccc2F)c2c1CNC2. The number of nitrogens with one attached hydrogen (secondary N) is 1. The molecule has 17 heavy (non-hydrogen) atoms. The summed E-state index contributed by atoms with van der Waals surface area (Å²) in [5.41, 5.74) is 2.49. The zero-order valence-electron chi connectivity index (χ0n) is 8.94. The summed E-state index contributed by atoms with van der Waals surface area (Å²) in [6, 6.07) is 8.47. The Hall–Kier alpha value is -2.19. The summed E-state index contributed by atoms with van der Waals surface area (Å²) in [6.45, 7) is 1.23. The van der Waals surface area contributed by atoms with Crippen LogP contribution in [0.5, 0.6) is 0 Å². The number of benzene rings is 1. The topological polar surface area (TPSA) is 53.6 Å². The molecule has 0 saturated carbocycles. The van der Waals surface area contributed by atoms with Gasteiger partial charge in [0.2, 0.25) is 0 Å². The molecule has 4 nitrogen and oxygen atoms in total. The highest BCUT2D eigenvalue weighted by molar-refractivity contribution is 5.43. The van der Waals surface area contributed by atoms with Gasteiger partial charge in [-0.05, 0) is 12.1 Å². The fourth-order valence-electron chi connectivity index (χ4n) is 2.07. The van der Waals surface area contributed by atoms with E-state index in [-0.39, 0.29) is 5.82 Å². The molecule has 1 N–H and O–H groups in total. The second kappa shape index (κ2) is 3.68. The molecule has 5 heteroatoms. The van der Waals surface area contributed by atoms with E-state index in [2.05, 4.69) is 10.4 Å². The zero-order chi connectivity index (χ0) is 11.8. The minimum atomic E-state index is -0.339. The van der Waals surface area contributed by atoms with Crippen molar-refractivity contribution in [3.8, 4) is 11.8 Å². The number of aromatic nitrogens is 2. The molecule has 1 aliphatic rings. The molecule has 0 spiro atoms. The van der Waals surface area contributed by atoms with Crippen LogP contribution in [0.3, 0.4) is 0 Å². The maximum absolute atomic E-state index is 13.7. The molecule has 1 aromatic heterocycles. The van der Waals surface area contributed by atoms with Gasteiger partial charge >= 0.3 is 0 Å². The molecule has 0 amide bonds. The monoisotopic (exact) mass is 228 g/mol. The van der Waals surface area contributed by atoms with Crippen LogP contribution in [0.4, 0.5) is 4.39 Å². The minimum absolute atomic E-state index is 0.339. The molecule has 0 bridgehead atoms. The van der Waals surface area contributed by atoms with Crippen molar-refractivity contribution in [3.05, 3.63) is 47.0 Å². The lowest BCUT2D eigenvalue weighted by molar-refractivity contribution is 0.603. The Labute approximate surface area is 97.3 Å². The fourth-order valence-corrected chi connectivity index (χ4v) is 2.07. The lowest BCUT2D eigenvalue weighted by Gasteiger charge is -2.05. The lowest BCUT2D eigenvalue weighted by atomic mass is 10.2. The van der Waals surface area contributed by atoms with Gasteiger partial charge in [0.05, 0.1) is 5.69 Å². The van der Waals surface area contributed by atoms with Crippen LogP contribution in [-0.4, -0.2) is 9.78 Å². The highest BCUT2D eigenvalue weighted by Gasteiger charge is 2.23. The van der Waals surface area contributed by atoms with Gasteiger partial charge in [-0.3, -0.25) is 0 Å². The number of halogens is 1. The molecule has 0 aliphatic carbocycles. The van der Waals surface area contributed by atoms with Crippen molar-refractivity contribution in [2.75, 3.05) is 0 Å². The highest BCUT2D eigenvalue weighted by atomic mass is 19.1. The summed E-state index contributed by atoms with van der Waals surface area (Å²) in [6.07, 6.45) is 0. The number of hydrogen-bond acceptors (Lipinski definition) is 3. The van der Waals surface area contributed by atoms with Gasteiger partial charge in [0, 0.05) is 18.7 Å². The summed E-state index contributed by atoms with van der Waals surface area (Å²) in [5, 5.41) is 16.3. The highest BCUT2D eigenvalue weighted by Crippen LogP contribution is 2.23. The van der Waals surface area contributed by atoms with Gasteiger partial charge in [-0.15, -0.1) is 0 Å². The van der Waals surface area contributed by atoms with Crippen molar-refractivity contribution < 1.29 is 4.39 Å². The fraction of sp³-hybridized carbons (Fsp3) is 0.167. The Bertz CT molecular complexity index is 624. The van der Waals surface area contributed by atoms with Crippen molar-refractivity contribution in [1.29, 1.82) is 5.26 Å².